The van der Waals surface area contributed by atoms with Gasteiger partial charge in [-0.15, -0.1) is 6.58 Å². The molecule has 0 bridgehead atoms. The number of rotatable bonds is 1. The largest absolute Gasteiger partial charge is 0.465 e. The average molecular weight is 203 g/mol. The average Bonchev–Trinajstić information content (AvgIpc) is 2.27. The highest BCUT2D eigenvalue weighted by atomic mass is 16.4. The Hall–Kier alpha value is -1.77. The summed E-state index contributed by atoms with van der Waals surface area (Å²) in [6, 6.07) is 7.84. The Balaban J connectivity index is 2.34. The molecule has 0 fully saturated rings. The Labute approximate surface area is 88.6 Å². The smallest absolute Gasteiger partial charge is 0.408 e. The van der Waals surface area contributed by atoms with E-state index in [4.69, 9.17) is 5.11 Å². The first kappa shape index (κ1) is 9.77. The molecule has 1 aromatic rings. The molecule has 0 spiro atoms. The van der Waals surface area contributed by atoms with E-state index in [0.717, 1.165) is 12.0 Å². The molecule has 3 heteroatoms. The predicted octanol–water partition coefficient (Wildman–Crippen LogP) is 2.28. The molecule has 1 aliphatic heterocycles. The van der Waals surface area contributed by atoms with E-state index in [9.17, 15) is 4.79 Å². The predicted molar refractivity (Wildman–Crippen MR) is 57.7 cm³/mol. The molecule has 0 aromatic heterocycles. The molecular weight excluding hydrogens is 190 g/mol. The Morgan fingerprint density at radius 1 is 1.47 bits per heavy atom. The second-order valence-electron chi connectivity index (χ2n) is 3.69. The molecule has 1 aliphatic rings. The maximum atomic E-state index is 11.0. The van der Waals surface area contributed by atoms with Crippen molar-refractivity contribution in [1.29, 1.82) is 0 Å². The summed E-state index contributed by atoms with van der Waals surface area (Å²) in [5.41, 5.74) is 2.32. The Morgan fingerprint density at radius 2 is 2.13 bits per heavy atom. The summed E-state index contributed by atoms with van der Waals surface area (Å²) in [5, 5.41) is 9.04. The first-order valence-electron chi connectivity index (χ1n) is 4.91. The Morgan fingerprint density at radius 3 is 2.73 bits per heavy atom. The van der Waals surface area contributed by atoms with E-state index in [-0.39, 0.29) is 6.04 Å². The maximum absolute atomic E-state index is 11.0. The van der Waals surface area contributed by atoms with Gasteiger partial charge in [-0.1, -0.05) is 30.3 Å². The first-order valence-corrected chi connectivity index (χ1v) is 4.91. The van der Waals surface area contributed by atoms with Crippen molar-refractivity contribution in [2.75, 3.05) is 0 Å². The highest BCUT2D eigenvalue weighted by Crippen LogP contribution is 2.23. The molecule has 2 rings (SSSR count). The van der Waals surface area contributed by atoms with Crippen LogP contribution in [0.3, 0.4) is 0 Å². The lowest BCUT2D eigenvalue weighted by atomic mass is 9.94. The third kappa shape index (κ3) is 1.73. The van der Waals surface area contributed by atoms with Crippen LogP contribution < -0.4 is 0 Å². The molecule has 1 aromatic carbocycles. The molecule has 1 amide bonds. The molecule has 1 N–H and O–H groups in total. The molecule has 78 valence electrons. The number of hydrogen-bond acceptors (Lipinski definition) is 1. The summed E-state index contributed by atoms with van der Waals surface area (Å²) < 4.78 is 0. The monoisotopic (exact) mass is 203 g/mol. The first-order chi connectivity index (χ1) is 7.22. The Bertz CT molecular complexity index is 400. The fraction of sp³-hybridized carbons (Fsp3) is 0.250. The lowest BCUT2D eigenvalue weighted by Crippen LogP contribution is -2.42. The SMILES string of the molecule is C=C[C@@H]1Cc2ccccc2CN1C(=O)O. The molecule has 0 unspecified atom stereocenters. The van der Waals surface area contributed by atoms with Crippen molar-refractivity contribution in [3.05, 3.63) is 48.0 Å². The number of fused-ring (bicyclic) bond motifs is 1. The van der Waals surface area contributed by atoms with Crippen LogP contribution in [0, 0.1) is 0 Å². The number of carbonyl (C=O) groups is 1. The highest BCUT2D eigenvalue weighted by molar-refractivity contribution is 5.66. The zero-order valence-corrected chi connectivity index (χ0v) is 8.39. The van der Waals surface area contributed by atoms with Gasteiger partial charge in [0, 0.05) is 6.54 Å². The van der Waals surface area contributed by atoms with E-state index in [0.29, 0.717) is 6.54 Å². The van der Waals surface area contributed by atoms with Gasteiger partial charge in [-0.05, 0) is 17.5 Å². The topological polar surface area (TPSA) is 40.5 Å². The minimum absolute atomic E-state index is 0.0996. The molecule has 0 saturated heterocycles. The van der Waals surface area contributed by atoms with Crippen LogP contribution in [0.2, 0.25) is 0 Å². The van der Waals surface area contributed by atoms with Crippen molar-refractivity contribution in [2.24, 2.45) is 0 Å². The molecule has 15 heavy (non-hydrogen) atoms. The van der Waals surface area contributed by atoms with Gasteiger partial charge in [-0.2, -0.15) is 0 Å². The molecule has 3 nitrogen and oxygen atoms in total. The van der Waals surface area contributed by atoms with Crippen LogP contribution in [-0.2, 0) is 13.0 Å². The summed E-state index contributed by atoms with van der Waals surface area (Å²) in [7, 11) is 0. The third-order valence-electron chi connectivity index (χ3n) is 2.81. The van der Waals surface area contributed by atoms with Gasteiger partial charge in [0.1, 0.15) is 0 Å². The van der Waals surface area contributed by atoms with Crippen molar-refractivity contribution in [1.82, 2.24) is 4.90 Å². The van der Waals surface area contributed by atoms with Crippen molar-refractivity contribution in [2.45, 2.75) is 19.0 Å². The quantitative estimate of drug-likeness (QED) is 0.711. The third-order valence-corrected chi connectivity index (χ3v) is 2.81. The van der Waals surface area contributed by atoms with Crippen molar-refractivity contribution < 1.29 is 9.90 Å². The van der Waals surface area contributed by atoms with Gasteiger partial charge in [0.25, 0.3) is 0 Å². The number of hydrogen-bond donors (Lipinski definition) is 1. The minimum atomic E-state index is -0.880. The molecular formula is C12H13NO2. The van der Waals surface area contributed by atoms with Gasteiger partial charge in [-0.25, -0.2) is 4.79 Å². The maximum Gasteiger partial charge on any atom is 0.408 e. The summed E-state index contributed by atoms with van der Waals surface area (Å²) >= 11 is 0. The number of benzene rings is 1. The second-order valence-corrected chi connectivity index (χ2v) is 3.69. The lowest BCUT2D eigenvalue weighted by Gasteiger charge is -2.32. The second kappa shape index (κ2) is 3.77. The zero-order valence-electron chi connectivity index (χ0n) is 8.39. The molecule has 0 saturated carbocycles. The minimum Gasteiger partial charge on any atom is -0.465 e. The van der Waals surface area contributed by atoms with Crippen LogP contribution in [0.5, 0.6) is 0 Å². The van der Waals surface area contributed by atoms with E-state index in [1.165, 1.54) is 10.5 Å². The van der Waals surface area contributed by atoms with Gasteiger partial charge in [0.2, 0.25) is 0 Å². The van der Waals surface area contributed by atoms with Crippen LogP contribution in [0.4, 0.5) is 4.79 Å². The van der Waals surface area contributed by atoms with Gasteiger partial charge in [0.05, 0.1) is 6.04 Å². The summed E-state index contributed by atoms with van der Waals surface area (Å²) in [6.07, 6.45) is 1.55. The molecule has 1 atom stereocenters. The van der Waals surface area contributed by atoms with E-state index in [1.54, 1.807) is 6.08 Å². The number of nitrogens with zero attached hydrogens (tertiary/aromatic N) is 1. The molecule has 0 radical (unpaired) electrons. The van der Waals surface area contributed by atoms with E-state index in [1.807, 2.05) is 24.3 Å². The number of carboxylic acid groups (broad SMARTS) is 1. The Kier molecular flexibility index (Phi) is 2.46. The normalized spacial score (nSPS) is 19.5. The van der Waals surface area contributed by atoms with E-state index < -0.39 is 6.09 Å². The fourth-order valence-corrected chi connectivity index (χ4v) is 1.97. The van der Waals surface area contributed by atoms with Crippen LogP contribution >= 0.6 is 0 Å². The number of amides is 1. The summed E-state index contributed by atoms with van der Waals surface area (Å²) in [6.45, 7) is 4.15. The van der Waals surface area contributed by atoms with Gasteiger partial charge < -0.3 is 5.11 Å². The lowest BCUT2D eigenvalue weighted by molar-refractivity contribution is 0.126. The van der Waals surface area contributed by atoms with Crippen molar-refractivity contribution in [3.8, 4) is 0 Å². The fourth-order valence-electron chi connectivity index (χ4n) is 1.97. The standard InChI is InChI=1S/C12H13NO2/c1-2-11-7-9-5-3-4-6-10(9)8-13(11)12(14)15/h2-6,11H,1,7-8H2,(H,14,15)/t11-/m1/s1. The van der Waals surface area contributed by atoms with E-state index in [2.05, 4.69) is 6.58 Å². The van der Waals surface area contributed by atoms with Crippen LogP contribution in [0.15, 0.2) is 36.9 Å². The summed E-state index contributed by atoms with van der Waals surface area (Å²) in [4.78, 5) is 12.4. The summed E-state index contributed by atoms with van der Waals surface area (Å²) in [5.74, 6) is 0. The van der Waals surface area contributed by atoms with E-state index >= 15 is 0 Å². The molecule has 1 heterocycles. The van der Waals surface area contributed by atoms with Gasteiger partial charge >= 0.3 is 6.09 Å². The van der Waals surface area contributed by atoms with Crippen LogP contribution in [-0.4, -0.2) is 22.1 Å². The van der Waals surface area contributed by atoms with Crippen LogP contribution in [0.1, 0.15) is 11.1 Å². The van der Waals surface area contributed by atoms with Gasteiger partial charge in [-0.3, -0.25) is 4.90 Å². The van der Waals surface area contributed by atoms with Crippen molar-refractivity contribution in [3.63, 3.8) is 0 Å². The van der Waals surface area contributed by atoms with Crippen molar-refractivity contribution >= 4 is 6.09 Å². The highest BCUT2D eigenvalue weighted by Gasteiger charge is 2.26. The zero-order chi connectivity index (χ0) is 10.8. The van der Waals surface area contributed by atoms with Gasteiger partial charge in [0.15, 0.2) is 0 Å². The molecule has 0 aliphatic carbocycles. The van der Waals surface area contributed by atoms with Crippen LogP contribution in [0.25, 0.3) is 0 Å².